The summed E-state index contributed by atoms with van der Waals surface area (Å²) in [5, 5.41) is 3.34. The number of anilines is 2. The molecule has 0 spiro atoms. The first-order valence-corrected chi connectivity index (χ1v) is 8.38. The third-order valence-corrected chi connectivity index (χ3v) is 3.91. The minimum absolute atomic E-state index is 0.273. The van der Waals surface area contributed by atoms with Gasteiger partial charge in [-0.2, -0.15) is 4.98 Å². The van der Waals surface area contributed by atoms with Gasteiger partial charge in [-0.3, -0.25) is 0 Å². The van der Waals surface area contributed by atoms with Gasteiger partial charge in [0.2, 0.25) is 5.95 Å². The zero-order chi connectivity index (χ0) is 16.9. The average Bonchev–Trinajstić information content (AvgIpc) is 2.55. The summed E-state index contributed by atoms with van der Waals surface area (Å²) in [4.78, 5) is 13.4. The minimum Gasteiger partial charge on any atom is -0.368 e. The molecule has 0 unspecified atom stereocenters. The fourth-order valence-electron chi connectivity index (χ4n) is 2.71. The van der Waals surface area contributed by atoms with Crippen LogP contribution in [0, 0.1) is 6.92 Å². The van der Waals surface area contributed by atoms with Crippen molar-refractivity contribution >= 4 is 22.8 Å². The first-order chi connectivity index (χ1) is 11.7. The molecule has 124 valence electrons. The number of hydrogen-bond donors (Lipinski definition) is 2. The van der Waals surface area contributed by atoms with Crippen molar-refractivity contribution in [1.29, 1.82) is 0 Å². The molecule has 5 heteroatoms. The normalized spacial score (nSPS) is 10.9. The number of rotatable bonds is 6. The van der Waals surface area contributed by atoms with Crippen LogP contribution in [0.5, 0.6) is 0 Å². The third kappa shape index (κ3) is 3.79. The molecule has 0 aliphatic rings. The molecule has 0 amide bonds. The van der Waals surface area contributed by atoms with E-state index in [1.54, 1.807) is 0 Å². The van der Waals surface area contributed by atoms with E-state index < -0.39 is 0 Å². The van der Waals surface area contributed by atoms with Gasteiger partial charge in [0.25, 0.3) is 0 Å². The maximum atomic E-state index is 5.82. The van der Waals surface area contributed by atoms with E-state index in [0.29, 0.717) is 0 Å². The monoisotopic (exact) mass is 321 g/mol. The SMILES string of the molecule is CCCCNc1nc(N)nc2ccc(Cc3cccc(C)c3)nc12. The molecule has 3 rings (SSSR count). The van der Waals surface area contributed by atoms with E-state index in [-0.39, 0.29) is 5.95 Å². The summed E-state index contributed by atoms with van der Waals surface area (Å²) in [5.41, 5.74) is 10.9. The highest BCUT2D eigenvalue weighted by atomic mass is 15.1. The minimum atomic E-state index is 0.273. The molecule has 2 heterocycles. The molecule has 0 radical (unpaired) electrons. The second-order valence-corrected chi connectivity index (χ2v) is 6.05. The molecule has 2 aromatic heterocycles. The maximum Gasteiger partial charge on any atom is 0.222 e. The van der Waals surface area contributed by atoms with Crippen molar-refractivity contribution in [2.45, 2.75) is 33.1 Å². The molecule has 3 aromatic rings. The smallest absolute Gasteiger partial charge is 0.222 e. The van der Waals surface area contributed by atoms with Gasteiger partial charge in [0, 0.05) is 18.7 Å². The van der Waals surface area contributed by atoms with Crippen LogP contribution in [-0.2, 0) is 6.42 Å². The van der Waals surface area contributed by atoms with Crippen LogP contribution in [0.3, 0.4) is 0 Å². The van der Waals surface area contributed by atoms with E-state index in [1.807, 2.05) is 12.1 Å². The molecule has 0 aliphatic carbocycles. The van der Waals surface area contributed by atoms with Crippen molar-refractivity contribution in [2.75, 3.05) is 17.6 Å². The van der Waals surface area contributed by atoms with Crippen LogP contribution in [0.2, 0.25) is 0 Å². The first-order valence-electron chi connectivity index (χ1n) is 8.38. The van der Waals surface area contributed by atoms with Gasteiger partial charge in [-0.15, -0.1) is 0 Å². The summed E-state index contributed by atoms with van der Waals surface area (Å²) < 4.78 is 0. The van der Waals surface area contributed by atoms with Gasteiger partial charge < -0.3 is 11.1 Å². The molecule has 0 saturated heterocycles. The van der Waals surface area contributed by atoms with Crippen LogP contribution in [0.15, 0.2) is 36.4 Å². The van der Waals surface area contributed by atoms with Crippen molar-refractivity contribution in [3.63, 3.8) is 0 Å². The Labute approximate surface area is 142 Å². The number of hydrogen-bond acceptors (Lipinski definition) is 5. The molecule has 24 heavy (non-hydrogen) atoms. The Morgan fingerprint density at radius 3 is 2.75 bits per heavy atom. The summed E-state index contributed by atoms with van der Waals surface area (Å²) in [5.74, 6) is 0.992. The number of aryl methyl sites for hydroxylation is 1. The van der Waals surface area contributed by atoms with Gasteiger partial charge in [0.1, 0.15) is 5.52 Å². The number of pyridine rings is 1. The Balaban J connectivity index is 1.93. The molecule has 0 bridgehead atoms. The van der Waals surface area contributed by atoms with Crippen LogP contribution >= 0.6 is 0 Å². The van der Waals surface area contributed by atoms with E-state index >= 15 is 0 Å². The fourth-order valence-corrected chi connectivity index (χ4v) is 2.71. The Morgan fingerprint density at radius 1 is 1.08 bits per heavy atom. The largest absolute Gasteiger partial charge is 0.368 e. The highest BCUT2D eigenvalue weighted by molar-refractivity contribution is 5.86. The summed E-state index contributed by atoms with van der Waals surface area (Å²) in [7, 11) is 0. The summed E-state index contributed by atoms with van der Waals surface area (Å²) in [6.45, 7) is 5.11. The fraction of sp³-hybridized carbons (Fsp3) is 0.316. The van der Waals surface area contributed by atoms with Crippen molar-refractivity contribution in [3.8, 4) is 0 Å². The lowest BCUT2D eigenvalue weighted by atomic mass is 10.1. The Bertz CT molecular complexity index is 844. The van der Waals surface area contributed by atoms with Crippen LogP contribution in [0.1, 0.15) is 36.6 Å². The van der Waals surface area contributed by atoms with E-state index in [4.69, 9.17) is 10.7 Å². The quantitative estimate of drug-likeness (QED) is 0.677. The summed E-state index contributed by atoms with van der Waals surface area (Å²) >= 11 is 0. The summed E-state index contributed by atoms with van der Waals surface area (Å²) in [6, 6.07) is 12.5. The van der Waals surface area contributed by atoms with Crippen molar-refractivity contribution in [1.82, 2.24) is 15.0 Å². The highest BCUT2D eigenvalue weighted by Gasteiger charge is 2.09. The second kappa shape index (κ2) is 7.25. The average molecular weight is 321 g/mol. The standard InChI is InChI=1S/C19H23N5/c1-3-4-10-21-18-17-16(23-19(20)24-18)9-8-15(22-17)12-14-7-5-6-13(2)11-14/h5-9,11H,3-4,10,12H2,1-2H3,(H3,20,21,23,24). The molecule has 5 nitrogen and oxygen atoms in total. The van der Waals surface area contributed by atoms with Gasteiger partial charge in [-0.05, 0) is 31.0 Å². The molecule has 0 aliphatic heterocycles. The van der Waals surface area contributed by atoms with Gasteiger partial charge in [0.15, 0.2) is 5.82 Å². The molecule has 1 aromatic carbocycles. The van der Waals surface area contributed by atoms with Crippen LogP contribution in [0.4, 0.5) is 11.8 Å². The van der Waals surface area contributed by atoms with Crippen LogP contribution in [-0.4, -0.2) is 21.5 Å². The maximum absolute atomic E-state index is 5.82. The number of unbranched alkanes of at least 4 members (excludes halogenated alkanes) is 1. The van der Waals surface area contributed by atoms with E-state index in [2.05, 4.69) is 53.4 Å². The lowest BCUT2D eigenvalue weighted by molar-refractivity contribution is 0.831. The van der Waals surface area contributed by atoms with E-state index in [0.717, 1.165) is 48.4 Å². The molecule has 0 fully saturated rings. The van der Waals surface area contributed by atoms with Crippen LogP contribution in [0.25, 0.3) is 11.0 Å². The third-order valence-electron chi connectivity index (χ3n) is 3.91. The lowest BCUT2D eigenvalue weighted by Crippen LogP contribution is -2.08. The van der Waals surface area contributed by atoms with E-state index in [1.165, 1.54) is 11.1 Å². The van der Waals surface area contributed by atoms with Gasteiger partial charge in [-0.1, -0.05) is 43.2 Å². The number of nitrogens with one attached hydrogen (secondary N) is 1. The summed E-state index contributed by atoms with van der Waals surface area (Å²) in [6.07, 6.45) is 2.99. The topological polar surface area (TPSA) is 76.7 Å². The number of fused-ring (bicyclic) bond motifs is 1. The number of nitrogens with two attached hydrogens (primary N) is 1. The van der Waals surface area contributed by atoms with Gasteiger partial charge in [0.05, 0.1) is 5.52 Å². The van der Waals surface area contributed by atoms with Crippen molar-refractivity contribution in [2.24, 2.45) is 0 Å². The predicted octanol–water partition coefficient (Wildman–Crippen LogP) is 3.72. The number of aromatic nitrogens is 3. The number of benzene rings is 1. The molecular formula is C19H23N5. The van der Waals surface area contributed by atoms with Crippen LogP contribution < -0.4 is 11.1 Å². The second-order valence-electron chi connectivity index (χ2n) is 6.05. The zero-order valence-corrected chi connectivity index (χ0v) is 14.2. The first kappa shape index (κ1) is 16.2. The number of nitrogens with zero attached hydrogens (tertiary/aromatic N) is 3. The molecule has 0 saturated carbocycles. The van der Waals surface area contributed by atoms with Gasteiger partial charge >= 0.3 is 0 Å². The van der Waals surface area contributed by atoms with Crippen molar-refractivity contribution in [3.05, 3.63) is 53.2 Å². The Hall–Kier alpha value is -2.69. The highest BCUT2D eigenvalue weighted by Crippen LogP contribution is 2.21. The Morgan fingerprint density at radius 2 is 1.96 bits per heavy atom. The van der Waals surface area contributed by atoms with Gasteiger partial charge in [-0.25, -0.2) is 9.97 Å². The molecule has 0 atom stereocenters. The molecular weight excluding hydrogens is 298 g/mol. The molecule has 3 N–H and O–H groups in total. The number of nitrogen functional groups attached to an aromatic ring is 1. The predicted molar refractivity (Wildman–Crippen MR) is 99.1 cm³/mol. The zero-order valence-electron chi connectivity index (χ0n) is 14.2. The van der Waals surface area contributed by atoms with E-state index in [9.17, 15) is 0 Å². The Kier molecular flexibility index (Phi) is 4.89. The lowest BCUT2D eigenvalue weighted by Gasteiger charge is -2.10. The van der Waals surface area contributed by atoms with Crippen molar-refractivity contribution < 1.29 is 0 Å².